The molecule has 0 amide bonds. The normalized spacial score (nSPS) is 12.4. The molecule has 0 aliphatic heterocycles. The van der Waals surface area contributed by atoms with E-state index in [1.165, 1.54) is 6.33 Å². The van der Waals surface area contributed by atoms with Crippen molar-refractivity contribution < 1.29 is 9.47 Å². The third kappa shape index (κ3) is 4.72. The Balaban J connectivity index is 2.14. The lowest BCUT2D eigenvalue weighted by Gasteiger charge is -2.22. The van der Waals surface area contributed by atoms with Crippen LogP contribution in [-0.4, -0.2) is 54.8 Å². The highest BCUT2D eigenvalue weighted by Crippen LogP contribution is 2.38. The molecule has 6 nitrogen and oxygen atoms in total. The summed E-state index contributed by atoms with van der Waals surface area (Å²) in [6.45, 7) is 9.95. The molecule has 0 radical (unpaired) electrons. The van der Waals surface area contributed by atoms with Crippen molar-refractivity contribution >= 4 is 16.6 Å². The van der Waals surface area contributed by atoms with Gasteiger partial charge in [0.2, 0.25) is 0 Å². The van der Waals surface area contributed by atoms with Crippen LogP contribution in [0.3, 0.4) is 0 Å². The summed E-state index contributed by atoms with van der Waals surface area (Å²) in [4.78, 5) is 10.9. The van der Waals surface area contributed by atoms with Crippen LogP contribution in [0, 0.1) is 0 Å². The maximum atomic E-state index is 5.63. The van der Waals surface area contributed by atoms with Gasteiger partial charge in [0.15, 0.2) is 5.75 Å². The molecule has 0 spiro atoms. The number of ether oxygens (including phenoxy) is 2. The summed E-state index contributed by atoms with van der Waals surface area (Å²) in [5.41, 5.74) is 1.67. The van der Waals surface area contributed by atoms with Crippen molar-refractivity contribution in [3.63, 3.8) is 0 Å². The van der Waals surface area contributed by atoms with E-state index in [-0.39, 0.29) is 0 Å². The first-order valence-corrected chi connectivity index (χ1v) is 8.98. The zero-order valence-electron chi connectivity index (χ0n) is 16.0. The lowest BCUT2D eigenvalue weighted by atomic mass is 10.1. The Morgan fingerprint density at radius 2 is 1.96 bits per heavy atom. The molecule has 1 atom stereocenters. The smallest absolute Gasteiger partial charge is 0.153 e. The highest BCUT2D eigenvalue weighted by Gasteiger charge is 2.16. The molecule has 0 fully saturated rings. The van der Waals surface area contributed by atoms with Crippen LogP contribution in [0.15, 0.2) is 18.6 Å². The number of benzene rings is 1. The van der Waals surface area contributed by atoms with Crippen LogP contribution < -0.4 is 14.8 Å². The van der Waals surface area contributed by atoms with Crippen molar-refractivity contribution in [2.75, 3.05) is 39.2 Å². The van der Waals surface area contributed by atoms with Crippen molar-refractivity contribution in [2.45, 2.75) is 39.7 Å². The van der Waals surface area contributed by atoms with E-state index in [4.69, 9.17) is 9.47 Å². The van der Waals surface area contributed by atoms with E-state index in [0.29, 0.717) is 6.04 Å². The molecule has 1 N–H and O–H groups in total. The van der Waals surface area contributed by atoms with Crippen molar-refractivity contribution in [3.8, 4) is 11.5 Å². The van der Waals surface area contributed by atoms with Crippen LogP contribution >= 0.6 is 0 Å². The summed E-state index contributed by atoms with van der Waals surface area (Å²) in [5.74, 6) is 1.48. The number of hydrogen-bond donors (Lipinski definition) is 1. The maximum absolute atomic E-state index is 5.63. The van der Waals surface area contributed by atoms with Crippen molar-refractivity contribution in [2.24, 2.45) is 0 Å². The second-order valence-corrected chi connectivity index (χ2v) is 6.16. The zero-order valence-corrected chi connectivity index (χ0v) is 16.0. The van der Waals surface area contributed by atoms with Crippen LogP contribution in [-0.2, 0) is 0 Å². The van der Waals surface area contributed by atoms with Gasteiger partial charge in [-0.25, -0.2) is 9.97 Å². The lowest BCUT2D eigenvalue weighted by molar-refractivity contribution is 0.295. The number of anilines is 1. The Hall–Kier alpha value is -2.08. The number of rotatable bonds is 10. The van der Waals surface area contributed by atoms with Crippen LogP contribution in [0.4, 0.5) is 5.69 Å². The van der Waals surface area contributed by atoms with Crippen LogP contribution in [0.5, 0.6) is 11.5 Å². The molecular weight excluding hydrogens is 316 g/mol. The van der Waals surface area contributed by atoms with Gasteiger partial charge in [-0.3, -0.25) is 0 Å². The predicted molar refractivity (Wildman–Crippen MR) is 103 cm³/mol. The minimum atomic E-state index is 0.330. The van der Waals surface area contributed by atoms with Crippen LogP contribution in [0.2, 0.25) is 0 Å². The highest BCUT2D eigenvalue weighted by atomic mass is 16.5. The molecule has 138 valence electrons. The third-order valence-corrected chi connectivity index (χ3v) is 4.54. The summed E-state index contributed by atoms with van der Waals surface area (Å²) >= 11 is 0. The van der Waals surface area contributed by atoms with Crippen molar-refractivity contribution in [1.29, 1.82) is 0 Å². The van der Waals surface area contributed by atoms with E-state index in [9.17, 15) is 0 Å². The molecule has 0 saturated heterocycles. The average molecular weight is 346 g/mol. The third-order valence-electron chi connectivity index (χ3n) is 4.54. The Labute approximate surface area is 150 Å². The SMILES string of the molecule is CCN(CC)CCCC(C)Nc1cc(OC)c2ncncc2c1OC. The molecule has 1 aromatic carbocycles. The largest absolute Gasteiger partial charge is 0.494 e. The van der Waals surface area contributed by atoms with Crippen molar-refractivity contribution in [3.05, 3.63) is 18.6 Å². The monoisotopic (exact) mass is 346 g/mol. The fraction of sp³-hybridized carbons (Fsp3) is 0.579. The first-order chi connectivity index (χ1) is 12.1. The number of nitrogens with one attached hydrogen (secondary N) is 1. The Kier molecular flexibility index (Phi) is 7.25. The van der Waals surface area contributed by atoms with E-state index < -0.39 is 0 Å². The van der Waals surface area contributed by atoms with Crippen molar-refractivity contribution in [1.82, 2.24) is 14.9 Å². The summed E-state index contributed by atoms with van der Waals surface area (Å²) in [5, 5.41) is 4.41. The molecule has 1 heterocycles. The molecule has 1 aromatic heterocycles. The fourth-order valence-electron chi connectivity index (χ4n) is 3.08. The van der Waals surface area contributed by atoms with Gasteiger partial charge in [0.05, 0.1) is 25.3 Å². The summed E-state index contributed by atoms with van der Waals surface area (Å²) in [7, 11) is 3.32. The highest BCUT2D eigenvalue weighted by molar-refractivity contribution is 5.95. The summed E-state index contributed by atoms with van der Waals surface area (Å²) in [6, 6.07) is 2.28. The zero-order chi connectivity index (χ0) is 18.2. The first kappa shape index (κ1) is 19.2. The molecule has 25 heavy (non-hydrogen) atoms. The van der Waals surface area contributed by atoms with Gasteiger partial charge in [0, 0.05) is 18.3 Å². The minimum Gasteiger partial charge on any atom is -0.494 e. The minimum absolute atomic E-state index is 0.330. The molecular formula is C19H30N4O2. The van der Waals surface area contributed by atoms with Gasteiger partial charge in [-0.15, -0.1) is 0 Å². The van der Waals surface area contributed by atoms with E-state index in [2.05, 4.69) is 41.0 Å². The van der Waals surface area contributed by atoms with Gasteiger partial charge < -0.3 is 19.7 Å². The maximum Gasteiger partial charge on any atom is 0.153 e. The van der Waals surface area contributed by atoms with E-state index in [1.54, 1.807) is 20.4 Å². The molecule has 2 rings (SSSR count). The Bertz CT molecular complexity index is 674. The number of hydrogen-bond acceptors (Lipinski definition) is 6. The quantitative estimate of drug-likeness (QED) is 0.710. The van der Waals surface area contributed by atoms with Crippen LogP contribution in [0.1, 0.15) is 33.6 Å². The predicted octanol–water partition coefficient (Wildman–Crippen LogP) is 3.57. The first-order valence-electron chi connectivity index (χ1n) is 8.98. The topological polar surface area (TPSA) is 59.5 Å². The van der Waals surface area contributed by atoms with E-state index in [1.807, 2.05) is 6.07 Å². The van der Waals surface area contributed by atoms with Gasteiger partial charge in [-0.1, -0.05) is 13.8 Å². The van der Waals surface area contributed by atoms with Gasteiger partial charge in [0.25, 0.3) is 0 Å². The molecule has 2 aromatic rings. The number of methoxy groups -OCH3 is 2. The standard InChI is InChI=1S/C19H30N4O2/c1-6-23(7-2)10-8-9-14(3)22-16-11-17(24-4)18-15(19(16)25-5)12-20-13-21-18/h11-14,22H,6-10H2,1-5H3. The van der Waals surface area contributed by atoms with E-state index in [0.717, 1.165) is 60.6 Å². The van der Waals surface area contributed by atoms with Gasteiger partial charge >= 0.3 is 0 Å². The second-order valence-electron chi connectivity index (χ2n) is 6.16. The molecule has 0 aliphatic rings. The number of fused-ring (bicyclic) bond motifs is 1. The van der Waals surface area contributed by atoms with E-state index >= 15 is 0 Å². The molecule has 6 heteroatoms. The van der Waals surface area contributed by atoms with Gasteiger partial charge in [-0.2, -0.15) is 0 Å². The summed E-state index contributed by atoms with van der Waals surface area (Å²) < 4.78 is 11.1. The average Bonchev–Trinajstić information content (AvgIpc) is 2.64. The van der Waals surface area contributed by atoms with Gasteiger partial charge in [-0.05, 0) is 39.4 Å². The molecule has 0 aliphatic carbocycles. The summed E-state index contributed by atoms with van der Waals surface area (Å²) in [6.07, 6.45) is 5.53. The van der Waals surface area contributed by atoms with Crippen LogP contribution in [0.25, 0.3) is 10.9 Å². The number of nitrogens with zero attached hydrogens (tertiary/aromatic N) is 3. The molecule has 1 unspecified atom stereocenters. The second kappa shape index (κ2) is 9.42. The number of aromatic nitrogens is 2. The van der Waals surface area contributed by atoms with Gasteiger partial charge in [0.1, 0.15) is 17.6 Å². The lowest BCUT2D eigenvalue weighted by Crippen LogP contribution is -2.25. The molecule has 0 saturated carbocycles. The Morgan fingerprint density at radius 1 is 1.20 bits per heavy atom. The molecule has 0 bridgehead atoms. The Morgan fingerprint density at radius 3 is 2.60 bits per heavy atom. The fourth-order valence-corrected chi connectivity index (χ4v) is 3.08.